The molecule has 1 atom stereocenters. The van der Waals surface area contributed by atoms with E-state index in [-0.39, 0.29) is 37.1 Å². The minimum absolute atomic E-state index is 0.0898. The molecule has 1 aromatic carbocycles. The van der Waals surface area contributed by atoms with Crippen molar-refractivity contribution in [1.82, 2.24) is 20.5 Å². The van der Waals surface area contributed by atoms with E-state index >= 15 is 0 Å². The first-order valence-electron chi connectivity index (χ1n) is 9.33. The number of piperidine rings is 1. The third-order valence-electron chi connectivity index (χ3n) is 5.00. The fraction of sp³-hybridized carbons (Fsp3) is 0.250. The van der Waals surface area contributed by atoms with Gasteiger partial charge >= 0.3 is 6.03 Å². The highest BCUT2D eigenvalue weighted by atomic mass is 19.1. The van der Waals surface area contributed by atoms with Crippen LogP contribution in [0.5, 0.6) is 0 Å². The lowest BCUT2D eigenvalue weighted by molar-refractivity contribution is -0.136. The number of benzene rings is 1. The molecule has 5 amide bonds. The summed E-state index contributed by atoms with van der Waals surface area (Å²) >= 11 is 0. The van der Waals surface area contributed by atoms with E-state index in [1.807, 2.05) is 0 Å². The van der Waals surface area contributed by atoms with Gasteiger partial charge in [0.1, 0.15) is 17.7 Å². The maximum Gasteiger partial charge on any atom is 0.320 e. The number of pyridine rings is 1. The molecule has 3 N–H and O–H groups in total. The Balaban J connectivity index is 1.38. The number of nitrogens with one attached hydrogen (secondary N) is 3. The van der Waals surface area contributed by atoms with Gasteiger partial charge in [0, 0.05) is 37.3 Å². The lowest BCUT2D eigenvalue weighted by Gasteiger charge is -2.29. The molecule has 1 unspecified atom stereocenters. The number of anilines is 1. The zero-order chi connectivity index (χ0) is 21.3. The molecule has 10 heteroatoms. The third-order valence-corrected chi connectivity index (χ3v) is 5.00. The number of imide groups is 1. The molecule has 3 heterocycles. The molecule has 30 heavy (non-hydrogen) atoms. The average Bonchev–Trinajstić information content (AvgIpc) is 3.02. The normalized spacial score (nSPS) is 18.1. The number of carbonyl (C=O) groups is 4. The van der Waals surface area contributed by atoms with Crippen molar-refractivity contribution in [3.05, 3.63) is 59.0 Å². The zero-order valence-corrected chi connectivity index (χ0v) is 15.8. The highest BCUT2D eigenvalue weighted by molar-refractivity contribution is 6.05. The summed E-state index contributed by atoms with van der Waals surface area (Å²) in [5.74, 6) is -1.47. The summed E-state index contributed by atoms with van der Waals surface area (Å²) in [5, 5.41) is 7.34. The second-order valence-electron chi connectivity index (χ2n) is 7.06. The SMILES string of the molecule is O=C1CCC(N2Cc3cc(CNC(=O)Nc4cc(F)ccn4)ccc3C2=O)C(=O)N1. The number of hydrogen-bond donors (Lipinski definition) is 3. The minimum atomic E-state index is -0.672. The first kappa shape index (κ1) is 19.5. The Kier molecular flexibility index (Phi) is 5.13. The van der Waals surface area contributed by atoms with Gasteiger partial charge in [-0.15, -0.1) is 0 Å². The van der Waals surface area contributed by atoms with Crippen molar-refractivity contribution in [1.29, 1.82) is 0 Å². The first-order chi connectivity index (χ1) is 14.4. The molecule has 0 spiro atoms. The second kappa shape index (κ2) is 7.90. The average molecular weight is 411 g/mol. The lowest BCUT2D eigenvalue weighted by atomic mass is 10.0. The van der Waals surface area contributed by atoms with Crippen LogP contribution in [-0.2, 0) is 22.7 Å². The van der Waals surface area contributed by atoms with Crippen LogP contribution in [-0.4, -0.2) is 39.7 Å². The number of halogens is 1. The van der Waals surface area contributed by atoms with Crippen molar-refractivity contribution < 1.29 is 23.6 Å². The predicted octanol–water partition coefficient (Wildman–Crippen LogP) is 1.30. The van der Waals surface area contributed by atoms with Crippen molar-refractivity contribution in [3.63, 3.8) is 0 Å². The Hall–Kier alpha value is -3.82. The molecule has 4 rings (SSSR count). The summed E-state index contributed by atoms with van der Waals surface area (Å²) in [7, 11) is 0. The van der Waals surface area contributed by atoms with Gasteiger partial charge in [0.05, 0.1) is 0 Å². The fourth-order valence-corrected chi connectivity index (χ4v) is 3.55. The molecule has 154 valence electrons. The van der Waals surface area contributed by atoms with Gasteiger partial charge in [0.15, 0.2) is 0 Å². The molecule has 2 aliphatic rings. The predicted molar refractivity (Wildman–Crippen MR) is 103 cm³/mol. The molecule has 0 bridgehead atoms. The Morgan fingerprint density at radius 1 is 1.23 bits per heavy atom. The lowest BCUT2D eigenvalue weighted by Crippen LogP contribution is -2.52. The van der Waals surface area contributed by atoms with Crippen LogP contribution in [0.4, 0.5) is 15.0 Å². The van der Waals surface area contributed by atoms with Gasteiger partial charge < -0.3 is 10.2 Å². The van der Waals surface area contributed by atoms with Crippen LogP contribution in [0, 0.1) is 5.82 Å². The van der Waals surface area contributed by atoms with Gasteiger partial charge in [-0.3, -0.25) is 25.0 Å². The highest BCUT2D eigenvalue weighted by Gasteiger charge is 2.39. The van der Waals surface area contributed by atoms with E-state index in [1.54, 1.807) is 18.2 Å². The second-order valence-corrected chi connectivity index (χ2v) is 7.06. The Morgan fingerprint density at radius 3 is 2.83 bits per heavy atom. The molecule has 1 aromatic heterocycles. The van der Waals surface area contributed by atoms with Crippen molar-refractivity contribution in [2.75, 3.05) is 5.32 Å². The van der Waals surface area contributed by atoms with E-state index < -0.39 is 23.8 Å². The number of amides is 5. The standard InChI is InChI=1S/C20H18FN5O4/c21-13-5-6-22-16(8-13)24-20(30)23-9-11-1-2-14-12(7-11)10-26(19(14)29)15-3-4-17(27)25-18(15)28/h1-2,5-8,15H,3-4,9-10H2,(H,25,27,28)(H2,22,23,24,30). The molecule has 1 saturated heterocycles. The van der Waals surface area contributed by atoms with Crippen molar-refractivity contribution in [2.45, 2.75) is 32.0 Å². The number of nitrogens with zero attached hydrogens (tertiary/aromatic N) is 2. The molecule has 1 fully saturated rings. The largest absolute Gasteiger partial charge is 0.334 e. The van der Waals surface area contributed by atoms with Gasteiger partial charge in [0.2, 0.25) is 11.8 Å². The van der Waals surface area contributed by atoms with Crippen LogP contribution < -0.4 is 16.0 Å². The number of aromatic nitrogens is 1. The van der Waals surface area contributed by atoms with E-state index in [4.69, 9.17) is 0 Å². The summed E-state index contributed by atoms with van der Waals surface area (Å²) < 4.78 is 13.2. The number of fused-ring (bicyclic) bond motifs is 1. The molecule has 0 saturated carbocycles. The summed E-state index contributed by atoms with van der Waals surface area (Å²) in [6, 6.07) is 6.22. The van der Waals surface area contributed by atoms with E-state index in [0.717, 1.165) is 17.2 Å². The van der Waals surface area contributed by atoms with Gasteiger partial charge in [-0.1, -0.05) is 12.1 Å². The zero-order valence-electron chi connectivity index (χ0n) is 15.8. The molecular formula is C20H18FN5O4. The molecular weight excluding hydrogens is 393 g/mol. The maximum absolute atomic E-state index is 13.2. The van der Waals surface area contributed by atoms with E-state index in [2.05, 4.69) is 20.9 Å². The first-order valence-corrected chi connectivity index (χ1v) is 9.33. The molecule has 2 aliphatic heterocycles. The van der Waals surface area contributed by atoms with Gasteiger partial charge in [-0.25, -0.2) is 14.2 Å². The van der Waals surface area contributed by atoms with Crippen molar-refractivity contribution >= 4 is 29.6 Å². The van der Waals surface area contributed by atoms with Crippen LogP contribution >= 0.6 is 0 Å². The number of rotatable bonds is 4. The summed E-state index contributed by atoms with van der Waals surface area (Å²) in [6.45, 7) is 0.439. The summed E-state index contributed by atoms with van der Waals surface area (Å²) in [4.78, 5) is 53.4. The van der Waals surface area contributed by atoms with Gasteiger partial charge in [0.25, 0.3) is 5.91 Å². The fourth-order valence-electron chi connectivity index (χ4n) is 3.55. The van der Waals surface area contributed by atoms with Gasteiger partial charge in [-0.05, 0) is 29.7 Å². The molecule has 2 aromatic rings. The molecule has 0 radical (unpaired) electrons. The van der Waals surface area contributed by atoms with Gasteiger partial charge in [-0.2, -0.15) is 0 Å². The Morgan fingerprint density at radius 2 is 2.07 bits per heavy atom. The highest BCUT2D eigenvalue weighted by Crippen LogP contribution is 2.28. The smallest absolute Gasteiger partial charge is 0.320 e. The minimum Gasteiger partial charge on any atom is -0.334 e. The van der Waals surface area contributed by atoms with Crippen LogP contribution in [0.25, 0.3) is 0 Å². The number of urea groups is 1. The monoisotopic (exact) mass is 411 g/mol. The molecule has 9 nitrogen and oxygen atoms in total. The number of hydrogen-bond acceptors (Lipinski definition) is 5. The summed E-state index contributed by atoms with van der Waals surface area (Å²) in [6.07, 6.45) is 1.74. The topological polar surface area (TPSA) is 120 Å². The quantitative estimate of drug-likeness (QED) is 0.655. The van der Waals surface area contributed by atoms with Crippen LogP contribution in [0.3, 0.4) is 0 Å². The van der Waals surface area contributed by atoms with E-state index in [0.29, 0.717) is 12.0 Å². The number of carbonyl (C=O) groups excluding carboxylic acids is 4. The Bertz CT molecular complexity index is 1060. The van der Waals surface area contributed by atoms with Crippen molar-refractivity contribution in [2.24, 2.45) is 0 Å². The van der Waals surface area contributed by atoms with Crippen LogP contribution in [0.15, 0.2) is 36.5 Å². The maximum atomic E-state index is 13.2. The summed E-state index contributed by atoms with van der Waals surface area (Å²) in [5.41, 5.74) is 2.00. The van der Waals surface area contributed by atoms with Crippen LogP contribution in [0.2, 0.25) is 0 Å². The van der Waals surface area contributed by atoms with Crippen molar-refractivity contribution in [3.8, 4) is 0 Å². The third kappa shape index (κ3) is 3.97. The Labute approximate surface area is 170 Å². The van der Waals surface area contributed by atoms with Crippen LogP contribution in [0.1, 0.15) is 34.3 Å². The van der Waals surface area contributed by atoms with E-state index in [1.165, 1.54) is 17.2 Å². The van der Waals surface area contributed by atoms with E-state index in [9.17, 15) is 23.6 Å². The molecule has 0 aliphatic carbocycles.